The van der Waals surface area contributed by atoms with Crippen molar-refractivity contribution in [3.05, 3.63) is 35.3 Å². The van der Waals surface area contributed by atoms with E-state index >= 15 is 0 Å². The van der Waals surface area contributed by atoms with Crippen molar-refractivity contribution in [3.8, 4) is 0 Å². The first-order valence-corrected chi connectivity index (χ1v) is 3.25. The molecule has 1 atom stereocenters. The summed E-state index contributed by atoms with van der Waals surface area (Å²) in [5, 5.41) is 0. The summed E-state index contributed by atoms with van der Waals surface area (Å²) >= 11 is 0. The lowest BCUT2D eigenvalue weighted by atomic mass is 10.1. The number of alkyl halides is 1. The monoisotopic (exact) mass is 153 g/mol. The number of hydrogen-bond acceptors (Lipinski definition) is 1. The number of halogens is 2. The van der Waals surface area contributed by atoms with Crippen molar-refractivity contribution in [1.82, 2.24) is 0 Å². The Labute approximate surface area is 62.4 Å². The molecule has 0 saturated heterocycles. The number of allylic oxidation sites excluding steroid dienone is 4. The van der Waals surface area contributed by atoms with Crippen LogP contribution >= 0.6 is 0 Å². The molecule has 1 nitrogen and oxygen atoms in total. The molecular weight excluding hydrogens is 148 g/mol. The van der Waals surface area contributed by atoms with E-state index in [1.165, 1.54) is 18.4 Å². The molecular formula is C8H5F2N. The third-order valence-corrected chi connectivity index (χ3v) is 1.62. The van der Waals surface area contributed by atoms with Gasteiger partial charge in [-0.2, -0.15) is 0 Å². The van der Waals surface area contributed by atoms with Crippen LogP contribution in [0.4, 0.5) is 8.78 Å². The summed E-state index contributed by atoms with van der Waals surface area (Å²) in [6.07, 6.45) is 3.91. The molecule has 11 heavy (non-hydrogen) atoms. The minimum absolute atomic E-state index is 0.527. The molecule has 0 aromatic carbocycles. The van der Waals surface area contributed by atoms with Crippen molar-refractivity contribution in [2.24, 2.45) is 4.99 Å². The molecule has 56 valence electrons. The van der Waals surface area contributed by atoms with Gasteiger partial charge in [0.1, 0.15) is 5.83 Å². The Balaban J connectivity index is 2.43. The van der Waals surface area contributed by atoms with Gasteiger partial charge in [-0.1, -0.05) is 0 Å². The van der Waals surface area contributed by atoms with Crippen LogP contribution in [0.5, 0.6) is 0 Å². The van der Waals surface area contributed by atoms with Gasteiger partial charge in [-0.15, -0.1) is 0 Å². The summed E-state index contributed by atoms with van der Waals surface area (Å²) in [6.45, 7) is 0. The van der Waals surface area contributed by atoms with Gasteiger partial charge in [0.25, 0.3) is 0 Å². The molecule has 2 aliphatic rings. The van der Waals surface area contributed by atoms with Crippen LogP contribution in [0.15, 0.2) is 40.3 Å². The smallest absolute Gasteiger partial charge is 0.172 e. The van der Waals surface area contributed by atoms with Crippen LogP contribution in [-0.2, 0) is 0 Å². The van der Waals surface area contributed by atoms with Crippen molar-refractivity contribution >= 4 is 6.21 Å². The molecule has 2 rings (SSSR count). The molecule has 0 aromatic heterocycles. The topological polar surface area (TPSA) is 12.4 Å². The molecule has 0 unspecified atom stereocenters. The van der Waals surface area contributed by atoms with Crippen molar-refractivity contribution in [3.63, 3.8) is 0 Å². The van der Waals surface area contributed by atoms with Crippen LogP contribution in [0.2, 0.25) is 0 Å². The van der Waals surface area contributed by atoms with Crippen LogP contribution in [0.1, 0.15) is 0 Å². The van der Waals surface area contributed by atoms with Gasteiger partial charge in [0.2, 0.25) is 0 Å². The van der Waals surface area contributed by atoms with Crippen molar-refractivity contribution in [2.45, 2.75) is 6.17 Å². The van der Waals surface area contributed by atoms with E-state index in [1.807, 2.05) is 0 Å². The highest BCUT2D eigenvalue weighted by Crippen LogP contribution is 2.28. The Kier molecular flexibility index (Phi) is 1.24. The van der Waals surface area contributed by atoms with Crippen LogP contribution < -0.4 is 0 Å². The van der Waals surface area contributed by atoms with Gasteiger partial charge in [-0.3, -0.25) is 4.99 Å². The molecule has 0 fully saturated rings. The van der Waals surface area contributed by atoms with Gasteiger partial charge in [0.15, 0.2) is 6.17 Å². The van der Waals surface area contributed by atoms with Gasteiger partial charge in [-0.25, -0.2) is 8.78 Å². The molecule has 0 spiro atoms. The van der Waals surface area contributed by atoms with Gasteiger partial charge in [0.05, 0.1) is 5.70 Å². The molecule has 0 aromatic rings. The zero-order chi connectivity index (χ0) is 7.84. The number of nitrogens with zero attached hydrogens (tertiary/aromatic N) is 1. The van der Waals surface area contributed by atoms with E-state index in [-0.39, 0.29) is 0 Å². The summed E-state index contributed by atoms with van der Waals surface area (Å²) in [5.41, 5.74) is 1.18. The Bertz CT molecular complexity index is 310. The molecule has 1 aliphatic heterocycles. The first-order valence-electron chi connectivity index (χ1n) is 3.25. The predicted molar refractivity (Wildman–Crippen MR) is 38.7 cm³/mol. The molecule has 0 N–H and O–H groups in total. The maximum Gasteiger partial charge on any atom is 0.172 e. The number of aliphatic imine (C=N–C) groups is 1. The Morgan fingerprint density at radius 2 is 2.27 bits per heavy atom. The van der Waals surface area contributed by atoms with E-state index in [0.717, 1.165) is 0 Å². The highest BCUT2D eigenvalue weighted by molar-refractivity contribution is 5.81. The Hall–Kier alpha value is -1.25. The van der Waals surface area contributed by atoms with Gasteiger partial charge < -0.3 is 0 Å². The Morgan fingerprint density at radius 3 is 3.09 bits per heavy atom. The number of hydrogen-bond donors (Lipinski definition) is 0. The molecule has 0 amide bonds. The van der Waals surface area contributed by atoms with Gasteiger partial charge >= 0.3 is 0 Å². The number of rotatable bonds is 0. The average molecular weight is 153 g/mol. The van der Waals surface area contributed by atoms with Crippen molar-refractivity contribution < 1.29 is 8.78 Å². The summed E-state index contributed by atoms with van der Waals surface area (Å²) in [7, 11) is 0. The first kappa shape index (κ1) is 6.46. The minimum Gasteiger partial charge on any atom is -0.256 e. The second kappa shape index (κ2) is 2.12. The normalized spacial score (nSPS) is 27.5. The van der Waals surface area contributed by atoms with E-state index in [0.29, 0.717) is 11.3 Å². The lowest BCUT2D eigenvalue weighted by Gasteiger charge is -2.08. The van der Waals surface area contributed by atoms with E-state index in [9.17, 15) is 8.78 Å². The second-order valence-electron chi connectivity index (χ2n) is 2.38. The third-order valence-electron chi connectivity index (χ3n) is 1.62. The number of fused-ring (bicyclic) bond motifs is 1. The summed E-state index contributed by atoms with van der Waals surface area (Å²) in [4.78, 5) is 3.83. The highest BCUT2D eigenvalue weighted by Gasteiger charge is 2.20. The average Bonchev–Trinajstić information content (AvgIpc) is 2.36. The van der Waals surface area contributed by atoms with Gasteiger partial charge in [-0.05, 0) is 18.2 Å². The third kappa shape index (κ3) is 0.926. The highest BCUT2D eigenvalue weighted by atomic mass is 19.2. The maximum absolute atomic E-state index is 12.6. The Morgan fingerprint density at radius 1 is 1.45 bits per heavy atom. The van der Waals surface area contributed by atoms with E-state index < -0.39 is 12.0 Å². The van der Waals surface area contributed by atoms with Crippen LogP contribution in [-0.4, -0.2) is 12.4 Å². The van der Waals surface area contributed by atoms with Gasteiger partial charge in [0, 0.05) is 11.8 Å². The first-order chi connectivity index (χ1) is 5.27. The second-order valence-corrected chi connectivity index (χ2v) is 2.38. The fourth-order valence-corrected chi connectivity index (χ4v) is 1.07. The lowest BCUT2D eigenvalue weighted by Crippen LogP contribution is -2.03. The molecule has 3 heteroatoms. The van der Waals surface area contributed by atoms with E-state index in [4.69, 9.17) is 0 Å². The molecule has 1 aliphatic carbocycles. The fourth-order valence-electron chi connectivity index (χ4n) is 1.07. The zero-order valence-corrected chi connectivity index (χ0v) is 5.59. The fraction of sp³-hybridized carbons (Fsp3) is 0.125. The largest absolute Gasteiger partial charge is 0.256 e. The van der Waals surface area contributed by atoms with Crippen LogP contribution in [0.3, 0.4) is 0 Å². The van der Waals surface area contributed by atoms with Crippen molar-refractivity contribution in [2.75, 3.05) is 0 Å². The minimum atomic E-state index is -1.61. The van der Waals surface area contributed by atoms with Crippen LogP contribution in [0.25, 0.3) is 0 Å². The quantitative estimate of drug-likeness (QED) is 0.505. The molecule has 0 radical (unpaired) electrons. The summed E-state index contributed by atoms with van der Waals surface area (Å²) in [5.74, 6) is -0.745. The molecule has 1 heterocycles. The zero-order valence-electron chi connectivity index (χ0n) is 5.59. The van der Waals surface area contributed by atoms with E-state index in [1.54, 1.807) is 6.08 Å². The summed E-state index contributed by atoms with van der Waals surface area (Å²) < 4.78 is 25.2. The molecule has 0 saturated carbocycles. The predicted octanol–water partition coefficient (Wildman–Crippen LogP) is 2.09. The standard InChI is InChI=1S/C8H5F2N/c9-6-3-5-1-2-11-8(5)4-7(6)10/h1-4,7H/t7-/m0/s1. The van der Waals surface area contributed by atoms with E-state index in [2.05, 4.69) is 4.99 Å². The summed E-state index contributed by atoms with van der Waals surface area (Å²) in [6, 6.07) is 0. The lowest BCUT2D eigenvalue weighted by molar-refractivity contribution is 0.378. The maximum atomic E-state index is 12.6. The van der Waals surface area contributed by atoms with Crippen LogP contribution in [0, 0.1) is 0 Å². The van der Waals surface area contributed by atoms with Crippen molar-refractivity contribution in [1.29, 1.82) is 0 Å². The molecule has 0 bridgehead atoms. The SMILES string of the molecule is FC1=CC2=CC=NC2=C[C@@H]1F.